The highest BCUT2D eigenvalue weighted by Crippen LogP contribution is 2.14. The Kier molecular flexibility index (Phi) is 9.03. The van der Waals surface area contributed by atoms with Crippen molar-refractivity contribution in [3.05, 3.63) is 95.6 Å². The highest BCUT2D eigenvalue weighted by molar-refractivity contribution is 5.99. The van der Waals surface area contributed by atoms with E-state index in [2.05, 4.69) is 28.1 Å². The molecular weight excluding hydrogens is 412 g/mol. The second-order valence-corrected chi connectivity index (χ2v) is 8.15. The Bertz CT molecular complexity index is 1020. The van der Waals surface area contributed by atoms with E-state index in [-0.39, 0.29) is 5.91 Å². The van der Waals surface area contributed by atoms with E-state index in [1.807, 2.05) is 73.7 Å². The molecule has 0 bridgehead atoms. The van der Waals surface area contributed by atoms with Crippen LogP contribution in [0.5, 0.6) is 0 Å². The minimum absolute atomic E-state index is 0.246. The number of carbonyl (C=O) groups excluding carboxylic acids is 2. The minimum atomic E-state index is -0.657. The van der Waals surface area contributed by atoms with Crippen molar-refractivity contribution in [2.75, 3.05) is 17.2 Å². The van der Waals surface area contributed by atoms with Gasteiger partial charge in [-0.15, -0.1) is 0 Å². The van der Waals surface area contributed by atoms with Crippen LogP contribution in [0.15, 0.2) is 78.9 Å². The normalized spacial score (nSPS) is 11.5. The molecular formula is C27H32N4O2. The van der Waals surface area contributed by atoms with E-state index in [0.29, 0.717) is 24.3 Å². The second-order valence-electron chi connectivity index (χ2n) is 8.15. The zero-order valence-corrected chi connectivity index (χ0v) is 19.0. The molecule has 0 saturated heterocycles. The Hall–Kier alpha value is -3.64. The number of hydrogen-bond acceptors (Lipinski definition) is 3. The van der Waals surface area contributed by atoms with E-state index < -0.39 is 12.1 Å². The summed E-state index contributed by atoms with van der Waals surface area (Å²) in [7, 11) is 0. The fraction of sp³-hybridized carbons (Fsp3) is 0.259. The van der Waals surface area contributed by atoms with Gasteiger partial charge in [0.2, 0.25) is 5.91 Å². The van der Waals surface area contributed by atoms with Crippen LogP contribution in [0.25, 0.3) is 0 Å². The number of nitrogens with two attached hydrogens (primary N) is 1. The molecule has 0 aliphatic carbocycles. The number of hydrogen-bond donors (Lipinski definition) is 4. The zero-order chi connectivity index (χ0) is 23.5. The largest absolute Gasteiger partial charge is 0.330 e. The van der Waals surface area contributed by atoms with Crippen molar-refractivity contribution >= 4 is 23.3 Å². The van der Waals surface area contributed by atoms with E-state index in [0.717, 1.165) is 30.4 Å². The number of rotatable bonds is 10. The topological polar surface area (TPSA) is 96.2 Å². The lowest BCUT2D eigenvalue weighted by molar-refractivity contribution is -0.118. The van der Waals surface area contributed by atoms with Gasteiger partial charge in [-0.1, -0.05) is 60.2 Å². The molecule has 3 aromatic rings. The average Bonchev–Trinajstić information content (AvgIpc) is 2.82. The summed E-state index contributed by atoms with van der Waals surface area (Å²) in [4.78, 5) is 25.4. The lowest BCUT2D eigenvalue weighted by Crippen LogP contribution is -2.45. The highest BCUT2D eigenvalue weighted by atomic mass is 16.2. The maximum Gasteiger partial charge on any atom is 0.319 e. The molecule has 0 aliphatic heterocycles. The number of benzene rings is 3. The Labute approximate surface area is 195 Å². The standard InChI is InChI=1S/C27H32N4O2/c1-20-10-14-23(15-11-20)29-26(32)25(9-5-6-18-28)31-27(33)30-24-16-12-22(13-17-24)19-21-7-3-2-4-8-21/h2-4,7-8,10-17,25H,5-6,9,18-19,28H2,1H3,(H,29,32)(H2,30,31,33)/t25-/m0/s1. The Morgan fingerprint density at radius 1 is 0.788 bits per heavy atom. The zero-order valence-electron chi connectivity index (χ0n) is 19.0. The molecule has 0 aromatic heterocycles. The summed E-state index contributed by atoms with van der Waals surface area (Å²) in [5, 5.41) is 8.52. The van der Waals surface area contributed by atoms with Gasteiger partial charge in [0.1, 0.15) is 6.04 Å². The van der Waals surface area contributed by atoms with Gasteiger partial charge in [-0.3, -0.25) is 4.79 Å². The molecule has 5 N–H and O–H groups in total. The second kappa shape index (κ2) is 12.4. The van der Waals surface area contributed by atoms with Crippen molar-refractivity contribution in [1.29, 1.82) is 0 Å². The SMILES string of the molecule is Cc1ccc(NC(=O)[C@H](CCCCN)NC(=O)Nc2ccc(Cc3ccccc3)cc2)cc1. The van der Waals surface area contributed by atoms with Gasteiger partial charge in [-0.2, -0.15) is 0 Å². The van der Waals surface area contributed by atoms with Crippen LogP contribution in [0.3, 0.4) is 0 Å². The fourth-order valence-corrected chi connectivity index (χ4v) is 3.49. The van der Waals surface area contributed by atoms with E-state index in [9.17, 15) is 9.59 Å². The van der Waals surface area contributed by atoms with Crippen molar-refractivity contribution in [3.8, 4) is 0 Å². The summed E-state index contributed by atoms with van der Waals surface area (Å²) in [6.45, 7) is 2.54. The first-order chi connectivity index (χ1) is 16.0. The van der Waals surface area contributed by atoms with E-state index in [1.54, 1.807) is 0 Å². The fourth-order valence-electron chi connectivity index (χ4n) is 3.49. The number of aryl methyl sites for hydroxylation is 1. The Balaban J connectivity index is 1.57. The average molecular weight is 445 g/mol. The van der Waals surface area contributed by atoms with E-state index in [4.69, 9.17) is 5.73 Å². The highest BCUT2D eigenvalue weighted by Gasteiger charge is 2.20. The van der Waals surface area contributed by atoms with Crippen LogP contribution in [0.4, 0.5) is 16.2 Å². The predicted molar refractivity (Wildman–Crippen MR) is 134 cm³/mol. The quantitative estimate of drug-likeness (QED) is 0.337. The third-order valence-electron chi connectivity index (χ3n) is 5.35. The molecule has 0 radical (unpaired) electrons. The van der Waals surface area contributed by atoms with Crippen LogP contribution in [-0.2, 0) is 11.2 Å². The molecule has 3 rings (SSSR count). The first kappa shape index (κ1) is 24.0. The first-order valence-corrected chi connectivity index (χ1v) is 11.3. The molecule has 3 aromatic carbocycles. The number of carbonyl (C=O) groups is 2. The van der Waals surface area contributed by atoms with Crippen LogP contribution in [-0.4, -0.2) is 24.5 Å². The van der Waals surface area contributed by atoms with Gasteiger partial charge >= 0.3 is 6.03 Å². The Morgan fingerprint density at radius 2 is 1.39 bits per heavy atom. The predicted octanol–water partition coefficient (Wildman–Crippen LogP) is 4.84. The summed E-state index contributed by atoms with van der Waals surface area (Å²) in [6.07, 6.45) is 2.88. The molecule has 6 heteroatoms. The number of anilines is 2. The van der Waals surface area contributed by atoms with Crippen molar-refractivity contribution in [3.63, 3.8) is 0 Å². The number of nitrogens with one attached hydrogen (secondary N) is 3. The van der Waals surface area contributed by atoms with Crippen LogP contribution in [0.2, 0.25) is 0 Å². The third kappa shape index (κ3) is 8.09. The maximum atomic E-state index is 12.8. The van der Waals surface area contributed by atoms with Gasteiger partial charge in [0.25, 0.3) is 0 Å². The molecule has 0 aliphatic rings. The third-order valence-corrected chi connectivity index (χ3v) is 5.35. The molecule has 3 amide bonds. The van der Waals surface area contributed by atoms with Crippen LogP contribution in [0.1, 0.15) is 36.0 Å². The number of unbranched alkanes of at least 4 members (excludes halogenated alkanes) is 1. The number of amides is 3. The summed E-state index contributed by atoms with van der Waals surface area (Å²) in [5.74, 6) is -0.246. The monoisotopic (exact) mass is 444 g/mol. The molecule has 0 heterocycles. The Morgan fingerprint density at radius 3 is 2.06 bits per heavy atom. The molecule has 0 unspecified atom stereocenters. The lowest BCUT2D eigenvalue weighted by atomic mass is 10.0. The molecule has 33 heavy (non-hydrogen) atoms. The van der Waals surface area contributed by atoms with Gasteiger partial charge in [-0.25, -0.2) is 4.79 Å². The summed E-state index contributed by atoms with van der Waals surface area (Å²) >= 11 is 0. The first-order valence-electron chi connectivity index (χ1n) is 11.3. The molecule has 172 valence electrons. The van der Waals surface area contributed by atoms with Crippen LogP contribution >= 0.6 is 0 Å². The molecule has 0 saturated carbocycles. The molecule has 0 fully saturated rings. The van der Waals surface area contributed by atoms with Crippen molar-refractivity contribution in [2.45, 2.75) is 38.6 Å². The number of urea groups is 1. The van der Waals surface area contributed by atoms with Gasteiger partial charge in [0, 0.05) is 11.4 Å². The van der Waals surface area contributed by atoms with Gasteiger partial charge in [0.05, 0.1) is 0 Å². The van der Waals surface area contributed by atoms with Crippen molar-refractivity contribution < 1.29 is 9.59 Å². The lowest BCUT2D eigenvalue weighted by Gasteiger charge is -2.19. The summed E-state index contributed by atoms with van der Waals surface area (Å²) in [5.41, 5.74) is 10.5. The minimum Gasteiger partial charge on any atom is -0.330 e. The maximum absolute atomic E-state index is 12.8. The van der Waals surface area contributed by atoms with Crippen molar-refractivity contribution in [2.24, 2.45) is 5.73 Å². The van der Waals surface area contributed by atoms with E-state index in [1.165, 1.54) is 5.56 Å². The molecule has 1 atom stereocenters. The summed E-state index contributed by atoms with van der Waals surface area (Å²) in [6, 6.07) is 24.4. The van der Waals surface area contributed by atoms with Crippen LogP contribution in [0, 0.1) is 6.92 Å². The smallest absolute Gasteiger partial charge is 0.319 e. The molecule has 0 spiro atoms. The summed E-state index contributed by atoms with van der Waals surface area (Å²) < 4.78 is 0. The van der Waals surface area contributed by atoms with Gasteiger partial charge in [0.15, 0.2) is 0 Å². The van der Waals surface area contributed by atoms with Gasteiger partial charge < -0.3 is 21.7 Å². The van der Waals surface area contributed by atoms with E-state index >= 15 is 0 Å². The van der Waals surface area contributed by atoms with Crippen molar-refractivity contribution in [1.82, 2.24) is 5.32 Å². The van der Waals surface area contributed by atoms with Gasteiger partial charge in [-0.05, 0) is 74.5 Å². The molecule has 6 nitrogen and oxygen atoms in total. The van der Waals surface area contributed by atoms with Crippen LogP contribution < -0.4 is 21.7 Å².